The summed E-state index contributed by atoms with van der Waals surface area (Å²) in [5.41, 5.74) is 7.44. The van der Waals surface area contributed by atoms with Gasteiger partial charge in [0.15, 0.2) is 0 Å². The maximum absolute atomic E-state index is 13.6. The summed E-state index contributed by atoms with van der Waals surface area (Å²) in [4.78, 5) is 33.4. The van der Waals surface area contributed by atoms with Crippen molar-refractivity contribution in [3.63, 3.8) is 0 Å². The Morgan fingerprint density at radius 2 is 1.56 bits per heavy atom. The zero-order valence-corrected chi connectivity index (χ0v) is 21.6. The SMILES string of the molecule is CCN(CC)C(=O)N(C1CCCCC1)C1CC2CCC(C1)N2C(=O)[C@@H](N)Cc1ccc(Cl)cc1. The van der Waals surface area contributed by atoms with Gasteiger partial charge in [0.1, 0.15) is 0 Å². The number of urea groups is 1. The van der Waals surface area contributed by atoms with Gasteiger partial charge < -0.3 is 20.4 Å². The van der Waals surface area contributed by atoms with Crippen molar-refractivity contribution in [1.82, 2.24) is 14.7 Å². The normalized spacial score (nSPS) is 25.8. The lowest BCUT2D eigenvalue weighted by atomic mass is 9.89. The first-order valence-corrected chi connectivity index (χ1v) is 13.7. The van der Waals surface area contributed by atoms with E-state index in [2.05, 4.69) is 23.6 Å². The van der Waals surface area contributed by atoms with E-state index in [-0.39, 0.29) is 30.1 Å². The van der Waals surface area contributed by atoms with Crippen molar-refractivity contribution in [1.29, 1.82) is 0 Å². The van der Waals surface area contributed by atoms with Crippen LogP contribution in [0.4, 0.5) is 4.79 Å². The summed E-state index contributed by atoms with van der Waals surface area (Å²) in [6, 6.07) is 8.13. The fourth-order valence-electron chi connectivity index (χ4n) is 6.52. The second kappa shape index (κ2) is 11.3. The second-order valence-corrected chi connectivity index (χ2v) is 10.8. The molecule has 4 rings (SSSR count). The van der Waals surface area contributed by atoms with Crippen LogP contribution in [0.2, 0.25) is 5.02 Å². The Balaban J connectivity index is 1.46. The van der Waals surface area contributed by atoms with Crippen LogP contribution in [0.15, 0.2) is 24.3 Å². The van der Waals surface area contributed by atoms with E-state index >= 15 is 0 Å². The Bertz CT molecular complexity index is 824. The number of piperidine rings is 1. The molecule has 3 aliphatic rings. The van der Waals surface area contributed by atoms with Crippen molar-refractivity contribution < 1.29 is 9.59 Å². The maximum atomic E-state index is 13.6. The Morgan fingerprint density at radius 1 is 0.971 bits per heavy atom. The van der Waals surface area contributed by atoms with Crippen molar-refractivity contribution in [3.8, 4) is 0 Å². The Kier molecular flexibility index (Phi) is 8.41. The third-order valence-electron chi connectivity index (χ3n) is 8.27. The predicted octanol–water partition coefficient (Wildman–Crippen LogP) is 4.83. The van der Waals surface area contributed by atoms with E-state index in [9.17, 15) is 9.59 Å². The van der Waals surface area contributed by atoms with Crippen LogP contribution >= 0.6 is 11.6 Å². The largest absolute Gasteiger partial charge is 0.335 e. The molecule has 3 amide bonds. The number of hydrogen-bond acceptors (Lipinski definition) is 3. The molecule has 2 aliphatic heterocycles. The molecule has 2 bridgehead atoms. The van der Waals surface area contributed by atoms with Gasteiger partial charge in [0.2, 0.25) is 5.91 Å². The number of rotatable bonds is 7. The van der Waals surface area contributed by atoms with Crippen molar-refractivity contribution in [2.24, 2.45) is 5.73 Å². The van der Waals surface area contributed by atoms with Gasteiger partial charge in [-0.3, -0.25) is 4.79 Å². The van der Waals surface area contributed by atoms with Gasteiger partial charge in [-0.15, -0.1) is 0 Å². The van der Waals surface area contributed by atoms with Gasteiger partial charge in [-0.05, 0) is 76.5 Å². The summed E-state index contributed by atoms with van der Waals surface area (Å²) < 4.78 is 0. The molecule has 0 spiro atoms. The molecular formula is C27H41ClN4O2. The highest BCUT2D eigenvalue weighted by atomic mass is 35.5. The average molecular weight is 489 g/mol. The summed E-state index contributed by atoms with van der Waals surface area (Å²) in [7, 11) is 0. The molecule has 7 heteroatoms. The highest BCUT2D eigenvalue weighted by Gasteiger charge is 2.47. The summed E-state index contributed by atoms with van der Waals surface area (Å²) in [5.74, 6) is 0.0557. The van der Waals surface area contributed by atoms with E-state index in [0.29, 0.717) is 17.5 Å². The standard InChI is InChI=1S/C27H41ClN4O2/c1-3-30(4-2)27(34)32(21-8-6-5-7-9-21)24-17-22-14-15-23(18-24)31(22)26(33)25(29)16-19-10-12-20(28)13-11-19/h10-13,21-25H,3-9,14-18,29H2,1-2H3/t22?,23?,24?,25-/m0/s1. The average Bonchev–Trinajstić information content (AvgIpc) is 3.11. The summed E-state index contributed by atoms with van der Waals surface area (Å²) in [6.45, 7) is 5.60. The fraction of sp³-hybridized carbons (Fsp3) is 0.704. The maximum Gasteiger partial charge on any atom is 0.320 e. The predicted molar refractivity (Wildman–Crippen MR) is 137 cm³/mol. The zero-order valence-electron chi connectivity index (χ0n) is 20.8. The van der Waals surface area contributed by atoms with Gasteiger partial charge in [-0.25, -0.2) is 4.79 Å². The third-order valence-corrected chi connectivity index (χ3v) is 8.52. The molecule has 1 saturated carbocycles. The highest BCUT2D eigenvalue weighted by molar-refractivity contribution is 6.30. The molecular weight excluding hydrogens is 448 g/mol. The van der Waals surface area contributed by atoms with Crippen LogP contribution in [0.3, 0.4) is 0 Å². The molecule has 1 aliphatic carbocycles. The lowest BCUT2D eigenvalue weighted by Crippen LogP contribution is -2.60. The minimum absolute atomic E-state index is 0.0557. The van der Waals surface area contributed by atoms with Crippen LogP contribution in [0.1, 0.15) is 77.2 Å². The fourth-order valence-corrected chi connectivity index (χ4v) is 6.64. The molecule has 2 saturated heterocycles. The number of carbonyl (C=O) groups is 2. The number of carbonyl (C=O) groups excluding carboxylic acids is 2. The van der Waals surface area contributed by atoms with E-state index in [1.54, 1.807) is 0 Å². The molecule has 188 valence electrons. The molecule has 2 heterocycles. The summed E-state index contributed by atoms with van der Waals surface area (Å²) in [6.07, 6.45) is 10.2. The first kappa shape index (κ1) is 25.3. The van der Waals surface area contributed by atoms with E-state index in [1.165, 1.54) is 19.3 Å². The number of benzene rings is 1. The molecule has 1 aromatic rings. The molecule has 0 radical (unpaired) electrons. The Morgan fingerprint density at radius 3 is 2.12 bits per heavy atom. The third kappa shape index (κ3) is 5.38. The highest BCUT2D eigenvalue weighted by Crippen LogP contribution is 2.40. The first-order chi connectivity index (χ1) is 16.4. The van der Waals surface area contributed by atoms with Crippen LogP contribution in [0, 0.1) is 0 Å². The van der Waals surface area contributed by atoms with Gasteiger partial charge in [-0.1, -0.05) is 43.0 Å². The minimum Gasteiger partial charge on any atom is -0.335 e. The van der Waals surface area contributed by atoms with E-state index < -0.39 is 6.04 Å². The molecule has 0 aromatic heterocycles. The smallest absolute Gasteiger partial charge is 0.320 e. The summed E-state index contributed by atoms with van der Waals surface area (Å²) >= 11 is 6.00. The van der Waals surface area contributed by atoms with Crippen molar-refractivity contribution >= 4 is 23.5 Å². The molecule has 34 heavy (non-hydrogen) atoms. The van der Waals surface area contributed by atoms with Crippen LogP contribution in [-0.2, 0) is 11.2 Å². The number of nitrogens with zero attached hydrogens (tertiary/aromatic N) is 3. The van der Waals surface area contributed by atoms with Crippen molar-refractivity contribution in [3.05, 3.63) is 34.9 Å². The number of hydrogen-bond donors (Lipinski definition) is 1. The lowest BCUT2D eigenvalue weighted by Gasteiger charge is -2.48. The molecule has 6 nitrogen and oxygen atoms in total. The molecule has 1 aromatic carbocycles. The number of halogens is 1. The monoisotopic (exact) mass is 488 g/mol. The summed E-state index contributed by atoms with van der Waals surface area (Å²) in [5, 5.41) is 0.686. The van der Waals surface area contributed by atoms with Crippen LogP contribution in [0.5, 0.6) is 0 Å². The van der Waals surface area contributed by atoms with Crippen LogP contribution in [-0.4, -0.2) is 69.9 Å². The number of nitrogens with two attached hydrogens (primary N) is 1. The zero-order chi connectivity index (χ0) is 24.2. The van der Waals surface area contributed by atoms with Crippen LogP contribution in [0.25, 0.3) is 0 Å². The lowest BCUT2D eigenvalue weighted by molar-refractivity contribution is -0.138. The number of fused-ring (bicyclic) bond motifs is 2. The molecule has 2 N–H and O–H groups in total. The second-order valence-electron chi connectivity index (χ2n) is 10.3. The van der Waals surface area contributed by atoms with E-state index in [4.69, 9.17) is 17.3 Å². The Labute approximate surface area is 209 Å². The molecule has 2 unspecified atom stereocenters. The number of amides is 3. The Hall–Kier alpha value is -1.79. The van der Waals surface area contributed by atoms with E-state index in [0.717, 1.165) is 57.2 Å². The van der Waals surface area contributed by atoms with Gasteiger partial charge in [0.25, 0.3) is 0 Å². The van der Waals surface area contributed by atoms with Crippen molar-refractivity contribution in [2.75, 3.05) is 13.1 Å². The van der Waals surface area contributed by atoms with Gasteiger partial charge in [0, 0.05) is 42.3 Å². The minimum atomic E-state index is -0.549. The molecule has 3 atom stereocenters. The quantitative estimate of drug-likeness (QED) is 0.597. The molecule has 3 fully saturated rings. The topological polar surface area (TPSA) is 69.9 Å². The van der Waals surface area contributed by atoms with Gasteiger partial charge >= 0.3 is 6.03 Å². The first-order valence-electron chi connectivity index (χ1n) is 13.3. The van der Waals surface area contributed by atoms with E-state index in [1.807, 2.05) is 29.2 Å². The van der Waals surface area contributed by atoms with Gasteiger partial charge in [0.05, 0.1) is 6.04 Å². The van der Waals surface area contributed by atoms with Crippen molar-refractivity contribution in [2.45, 2.75) is 108 Å². The van der Waals surface area contributed by atoms with Crippen LogP contribution < -0.4 is 5.73 Å². The van der Waals surface area contributed by atoms with Gasteiger partial charge in [-0.2, -0.15) is 0 Å².